The van der Waals surface area contributed by atoms with E-state index < -0.39 is 23.5 Å². The van der Waals surface area contributed by atoms with Crippen LogP contribution in [0.15, 0.2) is 24.3 Å². The number of rotatable bonds is 8. The Labute approximate surface area is 159 Å². The van der Waals surface area contributed by atoms with Crippen molar-refractivity contribution in [2.45, 2.75) is 64.0 Å². The summed E-state index contributed by atoms with van der Waals surface area (Å²) < 4.78 is 5.61. The second-order valence-corrected chi connectivity index (χ2v) is 6.92. The molecule has 0 heterocycles. The first-order valence-corrected chi connectivity index (χ1v) is 9.41. The van der Waals surface area contributed by atoms with Gasteiger partial charge < -0.3 is 20.5 Å². The number of benzene rings is 1. The summed E-state index contributed by atoms with van der Waals surface area (Å²) >= 11 is 0. The molecule has 1 aliphatic carbocycles. The normalized spacial score (nSPS) is 16.8. The molecule has 1 aromatic rings. The van der Waals surface area contributed by atoms with Gasteiger partial charge in [0.1, 0.15) is 11.3 Å². The maximum Gasteiger partial charge on any atom is 0.329 e. The molecule has 148 valence electrons. The second kappa shape index (κ2) is 9.39. The number of para-hydroxylation sites is 1. The zero-order chi connectivity index (χ0) is 19.9. The number of nitrogens with one attached hydrogen (secondary N) is 2. The lowest BCUT2D eigenvalue weighted by atomic mass is 9.81. The quantitative estimate of drug-likeness (QED) is 0.647. The fourth-order valence-corrected chi connectivity index (χ4v) is 3.59. The van der Waals surface area contributed by atoms with Gasteiger partial charge >= 0.3 is 5.97 Å². The second-order valence-electron chi connectivity index (χ2n) is 6.92. The van der Waals surface area contributed by atoms with Crippen LogP contribution in [0.3, 0.4) is 0 Å². The van der Waals surface area contributed by atoms with Gasteiger partial charge in [0.25, 0.3) is 0 Å². The van der Waals surface area contributed by atoms with Crippen LogP contribution in [0.5, 0.6) is 5.75 Å². The number of carboxylic acids is 1. The standard InChI is InChI=1S/C20H28N2O5/c1-3-27-17-10-6-5-9-15(17)16(21-14(2)23)13-18(24)22-20(19(25)26)11-7-4-8-12-20/h5-6,9-10,16H,3-4,7-8,11-13H2,1-2H3,(H,21,23)(H,22,24)(H,25,26). The van der Waals surface area contributed by atoms with E-state index in [9.17, 15) is 19.5 Å². The number of hydrogen-bond acceptors (Lipinski definition) is 4. The van der Waals surface area contributed by atoms with Gasteiger partial charge in [0.05, 0.1) is 19.1 Å². The van der Waals surface area contributed by atoms with E-state index in [0.29, 0.717) is 30.8 Å². The van der Waals surface area contributed by atoms with Crippen LogP contribution >= 0.6 is 0 Å². The predicted octanol–water partition coefficient (Wildman–Crippen LogP) is 2.56. The topological polar surface area (TPSA) is 105 Å². The van der Waals surface area contributed by atoms with Crippen LogP contribution in [0.25, 0.3) is 0 Å². The van der Waals surface area contributed by atoms with E-state index in [4.69, 9.17) is 4.74 Å². The van der Waals surface area contributed by atoms with Gasteiger partial charge in [0.15, 0.2) is 0 Å². The molecule has 0 spiro atoms. The third kappa shape index (κ3) is 5.45. The summed E-state index contributed by atoms with van der Waals surface area (Å²) in [4.78, 5) is 36.1. The van der Waals surface area contributed by atoms with Crippen LogP contribution in [0.2, 0.25) is 0 Å². The third-order valence-electron chi connectivity index (χ3n) is 4.86. The highest BCUT2D eigenvalue weighted by atomic mass is 16.5. The lowest BCUT2D eigenvalue weighted by Crippen LogP contribution is -2.56. The molecule has 1 aliphatic rings. The van der Waals surface area contributed by atoms with E-state index in [1.54, 1.807) is 12.1 Å². The first-order chi connectivity index (χ1) is 12.9. The van der Waals surface area contributed by atoms with Crippen LogP contribution in [0.4, 0.5) is 0 Å². The van der Waals surface area contributed by atoms with Crippen LogP contribution in [-0.4, -0.2) is 35.0 Å². The van der Waals surface area contributed by atoms with Gasteiger partial charge in [0.2, 0.25) is 11.8 Å². The summed E-state index contributed by atoms with van der Waals surface area (Å²) in [6, 6.07) is 6.61. The highest BCUT2D eigenvalue weighted by Gasteiger charge is 2.41. The summed E-state index contributed by atoms with van der Waals surface area (Å²) in [7, 11) is 0. The lowest BCUT2D eigenvalue weighted by Gasteiger charge is -2.34. The van der Waals surface area contributed by atoms with Crippen molar-refractivity contribution >= 4 is 17.8 Å². The Bertz CT molecular complexity index is 683. The summed E-state index contributed by atoms with van der Waals surface area (Å²) in [5.41, 5.74) is -0.520. The van der Waals surface area contributed by atoms with Gasteiger partial charge in [0, 0.05) is 12.5 Å². The average molecular weight is 376 g/mol. The van der Waals surface area contributed by atoms with Crippen LogP contribution < -0.4 is 15.4 Å². The van der Waals surface area contributed by atoms with E-state index in [0.717, 1.165) is 19.3 Å². The van der Waals surface area contributed by atoms with Crippen molar-refractivity contribution in [3.63, 3.8) is 0 Å². The minimum atomic E-state index is -1.21. The average Bonchev–Trinajstić information content (AvgIpc) is 2.62. The summed E-state index contributed by atoms with van der Waals surface area (Å²) in [6.07, 6.45) is 3.31. The van der Waals surface area contributed by atoms with E-state index in [2.05, 4.69) is 10.6 Å². The summed E-state index contributed by atoms with van der Waals surface area (Å²) in [6.45, 7) is 3.70. The SMILES string of the molecule is CCOc1ccccc1C(CC(=O)NC1(C(=O)O)CCCCC1)NC(C)=O. The highest BCUT2D eigenvalue weighted by Crippen LogP contribution is 2.31. The lowest BCUT2D eigenvalue weighted by molar-refractivity contribution is -0.149. The van der Waals surface area contributed by atoms with E-state index >= 15 is 0 Å². The molecule has 0 aromatic heterocycles. The van der Waals surface area contributed by atoms with Crippen LogP contribution in [0, 0.1) is 0 Å². The van der Waals surface area contributed by atoms with Gasteiger partial charge in [-0.15, -0.1) is 0 Å². The molecule has 3 N–H and O–H groups in total. The third-order valence-corrected chi connectivity index (χ3v) is 4.86. The summed E-state index contributed by atoms with van der Waals surface area (Å²) in [5, 5.41) is 15.1. The highest BCUT2D eigenvalue weighted by molar-refractivity contribution is 5.87. The zero-order valence-electron chi connectivity index (χ0n) is 15.9. The largest absolute Gasteiger partial charge is 0.494 e. The smallest absolute Gasteiger partial charge is 0.329 e. The van der Waals surface area contributed by atoms with Crippen molar-refractivity contribution in [3.05, 3.63) is 29.8 Å². The molecule has 1 unspecified atom stereocenters. The molecule has 1 saturated carbocycles. The molecule has 1 atom stereocenters. The van der Waals surface area contributed by atoms with Gasteiger partial charge in [-0.2, -0.15) is 0 Å². The fourth-order valence-electron chi connectivity index (χ4n) is 3.59. The van der Waals surface area contributed by atoms with Crippen LogP contribution in [-0.2, 0) is 14.4 Å². The molecule has 0 saturated heterocycles. The first-order valence-electron chi connectivity index (χ1n) is 9.41. The fraction of sp³-hybridized carbons (Fsp3) is 0.550. The van der Waals surface area contributed by atoms with Gasteiger partial charge in [-0.3, -0.25) is 9.59 Å². The van der Waals surface area contributed by atoms with E-state index in [-0.39, 0.29) is 12.3 Å². The molecule has 27 heavy (non-hydrogen) atoms. The molecule has 7 heteroatoms. The first kappa shape index (κ1) is 20.7. The Morgan fingerprint density at radius 2 is 1.85 bits per heavy atom. The molecule has 2 amide bonds. The number of carbonyl (C=O) groups excluding carboxylic acids is 2. The van der Waals surface area contributed by atoms with E-state index in [1.165, 1.54) is 6.92 Å². The van der Waals surface area contributed by atoms with Crippen LogP contribution in [0.1, 0.15) is 64.0 Å². The van der Waals surface area contributed by atoms with Crippen molar-refractivity contribution in [2.24, 2.45) is 0 Å². The Balaban J connectivity index is 2.19. The number of hydrogen-bond donors (Lipinski definition) is 3. The molecule has 0 radical (unpaired) electrons. The Kier molecular flexibility index (Phi) is 7.21. The molecule has 1 fully saturated rings. The molecular weight excluding hydrogens is 348 g/mol. The zero-order valence-corrected chi connectivity index (χ0v) is 15.9. The number of amides is 2. The number of ether oxygens (including phenoxy) is 1. The molecule has 1 aromatic carbocycles. The molecule has 7 nitrogen and oxygen atoms in total. The minimum Gasteiger partial charge on any atom is -0.494 e. The maximum atomic E-state index is 12.7. The van der Waals surface area contributed by atoms with Gasteiger partial charge in [-0.05, 0) is 25.8 Å². The Morgan fingerprint density at radius 1 is 1.19 bits per heavy atom. The number of aliphatic carboxylic acids is 1. The van der Waals surface area contributed by atoms with Crippen molar-refractivity contribution in [1.29, 1.82) is 0 Å². The number of carboxylic acid groups (broad SMARTS) is 1. The van der Waals surface area contributed by atoms with Gasteiger partial charge in [-0.1, -0.05) is 37.5 Å². The van der Waals surface area contributed by atoms with Crippen molar-refractivity contribution in [2.75, 3.05) is 6.61 Å². The molecular formula is C20H28N2O5. The van der Waals surface area contributed by atoms with Crippen molar-refractivity contribution in [3.8, 4) is 5.75 Å². The minimum absolute atomic E-state index is 0.0568. The Morgan fingerprint density at radius 3 is 2.44 bits per heavy atom. The molecule has 0 aliphatic heterocycles. The summed E-state index contributed by atoms with van der Waals surface area (Å²) in [5.74, 6) is -1.08. The number of carbonyl (C=O) groups is 3. The maximum absolute atomic E-state index is 12.7. The van der Waals surface area contributed by atoms with Crippen molar-refractivity contribution in [1.82, 2.24) is 10.6 Å². The molecule has 2 rings (SSSR count). The van der Waals surface area contributed by atoms with E-state index in [1.807, 2.05) is 19.1 Å². The Hall–Kier alpha value is -2.57. The van der Waals surface area contributed by atoms with Gasteiger partial charge in [-0.25, -0.2) is 4.79 Å². The molecule has 0 bridgehead atoms. The monoisotopic (exact) mass is 376 g/mol. The predicted molar refractivity (Wildman–Crippen MR) is 100 cm³/mol. The van der Waals surface area contributed by atoms with Crippen molar-refractivity contribution < 1.29 is 24.2 Å².